The van der Waals surface area contributed by atoms with Gasteiger partial charge in [-0.2, -0.15) is 0 Å². The Kier molecular flexibility index (Phi) is 8.86. The monoisotopic (exact) mass is 614 g/mol. The zero-order valence-electron chi connectivity index (χ0n) is 25.0. The van der Waals surface area contributed by atoms with E-state index in [0.717, 1.165) is 17.1 Å². The van der Waals surface area contributed by atoms with Crippen LogP contribution in [0.2, 0.25) is 0 Å². The van der Waals surface area contributed by atoms with Crippen molar-refractivity contribution in [3.05, 3.63) is 59.0 Å². The Morgan fingerprint density at radius 3 is 2.60 bits per heavy atom. The fourth-order valence-electron chi connectivity index (χ4n) is 5.50. The third-order valence-electron chi connectivity index (χ3n) is 7.79. The van der Waals surface area contributed by atoms with E-state index < -0.39 is 16.1 Å². The Morgan fingerprint density at radius 2 is 1.88 bits per heavy atom. The molecular weight excluding hydrogens is 576 g/mol. The number of rotatable bonds is 9. The van der Waals surface area contributed by atoms with E-state index in [1.165, 1.54) is 6.92 Å². The average Bonchev–Trinajstić information content (AvgIpc) is 3.57. The molecule has 13 heteroatoms. The summed E-state index contributed by atoms with van der Waals surface area (Å²) in [5.74, 6) is 1.87. The van der Waals surface area contributed by atoms with Crippen molar-refractivity contribution in [2.45, 2.75) is 57.7 Å². The van der Waals surface area contributed by atoms with Gasteiger partial charge >= 0.3 is 0 Å². The molecule has 12 nitrogen and oxygen atoms in total. The second-order valence-electron chi connectivity index (χ2n) is 11.4. The molecule has 2 aliphatic heterocycles. The van der Waals surface area contributed by atoms with Crippen molar-refractivity contribution >= 4 is 21.6 Å². The van der Waals surface area contributed by atoms with Crippen LogP contribution >= 0.6 is 0 Å². The number of ether oxygens (including phenoxy) is 3. The van der Waals surface area contributed by atoms with Gasteiger partial charge in [0.05, 0.1) is 19.1 Å². The highest BCUT2D eigenvalue weighted by Crippen LogP contribution is 2.34. The zero-order chi connectivity index (χ0) is 30.9. The molecule has 0 unspecified atom stereocenters. The Balaban J connectivity index is 1.41. The van der Waals surface area contributed by atoms with Crippen LogP contribution in [0.4, 0.5) is 5.69 Å². The van der Waals surface area contributed by atoms with E-state index >= 15 is 0 Å². The predicted molar refractivity (Wildman–Crippen MR) is 158 cm³/mol. The number of carbonyl (C=O) groups excluding carboxylic acids is 1. The lowest BCUT2D eigenvalue weighted by molar-refractivity contribution is -0.134. The number of nitrogens with zero attached hydrogens (tertiary/aromatic N) is 3. The van der Waals surface area contributed by atoms with Gasteiger partial charge in [-0.05, 0) is 63.7 Å². The molecule has 1 amide bonds. The number of hydrogen-bond acceptors (Lipinski definition) is 10. The van der Waals surface area contributed by atoms with Crippen molar-refractivity contribution in [1.29, 1.82) is 0 Å². The first-order valence-corrected chi connectivity index (χ1v) is 15.7. The first-order chi connectivity index (χ1) is 20.4. The van der Waals surface area contributed by atoms with Gasteiger partial charge in [0.15, 0.2) is 22.2 Å². The molecule has 3 aromatic rings. The molecule has 0 aliphatic carbocycles. The number of benzene rings is 2. The zero-order valence-corrected chi connectivity index (χ0v) is 25.8. The number of sulfonamides is 1. The van der Waals surface area contributed by atoms with Crippen LogP contribution in [0.1, 0.15) is 36.4 Å². The summed E-state index contributed by atoms with van der Waals surface area (Å²) in [6, 6.07) is 10.4. The summed E-state index contributed by atoms with van der Waals surface area (Å²) in [5.41, 5.74) is 2.13. The van der Waals surface area contributed by atoms with Gasteiger partial charge < -0.3 is 28.7 Å². The fourth-order valence-corrected chi connectivity index (χ4v) is 6.88. The fraction of sp³-hybridized carbons (Fsp3) is 0.467. The van der Waals surface area contributed by atoms with Gasteiger partial charge in [0.2, 0.25) is 12.7 Å². The highest BCUT2D eigenvalue weighted by molar-refractivity contribution is 7.92. The lowest BCUT2D eigenvalue weighted by atomic mass is 10.0. The van der Waals surface area contributed by atoms with E-state index in [0.29, 0.717) is 30.9 Å². The third kappa shape index (κ3) is 6.73. The molecule has 0 bridgehead atoms. The van der Waals surface area contributed by atoms with Gasteiger partial charge in [0.25, 0.3) is 10.0 Å². The summed E-state index contributed by atoms with van der Waals surface area (Å²) < 4.78 is 51.5. The minimum atomic E-state index is -3.99. The maximum Gasteiger partial charge on any atom is 0.267 e. The maximum absolute atomic E-state index is 13.5. The van der Waals surface area contributed by atoms with Crippen LogP contribution in [0.25, 0.3) is 0 Å². The van der Waals surface area contributed by atoms with Crippen LogP contribution in [0.3, 0.4) is 0 Å². The normalized spacial score (nSPS) is 19.3. The smallest absolute Gasteiger partial charge is 0.267 e. The molecule has 0 radical (unpaired) electrons. The number of carbonyl (C=O) groups is 1. The molecule has 232 valence electrons. The molecule has 0 saturated heterocycles. The lowest BCUT2D eigenvalue weighted by Gasteiger charge is -2.34. The highest BCUT2D eigenvalue weighted by atomic mass is 32.2. The molecule has 5 rings (SSSR count). The van der Waals surface area contributed by atoms with Crippen molar-refractivity contribution in [1.82, 2.24) is 15.0 Å². The number of hydrogen-bond donors (Lipinski definition) is 2. The number of anilines is 1. The van der Waals surface area contributed by atoms with Crippen LogP contribution < -0.4 is 18.9 Å². The summed E-state index contributed by atoms with van der Waals surface area (Å²) in [6.45, 7) is 8.53. The van der Waals surface area contributed by atoms with E-state index in [-0.39, 0.29) is 59.8 Å². The number of nitrogens with one attached hydrogen (secondary N) is 1. The number of fused-ring (bicyclic) bond motifs is 2. The topological polar surface area (TPSA) is 144 Å². The molecule has 43 heavy (non-hydrogen) atoms. The van der Waals surface area contributed by atoms with Gasteiger partial charge in [-0.3, -0.25) is 14.4 Å². The molecule has 1 aromatic heterocycles. The minimum Gasteiger partial charge on any atom is -0.488 e. The molecule has 3 atom stereocenters. The van der Waals surface area contributed by atoms with Crippen LogP contribution in [0.5, 0.6) is 17.2 Å². The van der Waals surface area contributed by atoms with Gasteiger partial charge in [-0.25, -0.2) is 8.42 Å². The summed E-state index contributed by atoms with van der Waals surface area (Å²) >= 11 is 0. The first-order valence-electron chi connectivity index (χ1n) is 14.2. The van der Waals surface area contributed by atoms with Crippen LogP contribution in [-0.2, 0) is 27.8 Å². The molecule has 0 saturated carbocycles. The standard InChI is InChI=1S/C30H38N4O8S/c1-18-13-34(19(2)16-35)29(36)12-23-11-24(32-43(37,38)30-20(3)31-42-21(30)4)7-9-25(23)41-28(18)15-33(5)14-22-6-8-26-27(10-22)40-17-39-26/h6-11,18-19,28,32,35H,12-17H2,1-5H3/t18-,19+,28+/m1/s1. The third-order valence-corrected chi connectivity index (χ3v) is 9.41. The molecule has 2 aliphatic rings. The van der Waals surface area contributed by atoms with Gasteiger partial charge in [0, 0.05) is 36.8 Å². The average molecular weight is 615 g/mol. The predicted octanol–water partition coefficient (Wildman–Crippen LogP) is 3.10. The number of aryl methyl sites for hydroxylation is 2. The number of likely N-dealkylation sites (N-methyl/N-ethyl adjacent to an activating group) is 1. The molecule has 3 heterocycles. The molecule has 2 aromatic carbocycles. The van der Waals surface area contributed by atoms with Crippen LogP contribution in [0.15, 0.2) is 45.8 Å². The Labute approximate surface area is 251 Å². The van der Waals surface area contributed by atoms with Gasteiger partial charge in [0.1, 0.15) is 17.5 Å². The Bertz CT molecular complexity index is 1570. The Hall–Kier alpha value is -3.81. The number of aliphatic hydroxyl groups excluding tert-OH is 1. The van der Waals surface area contributed by atoms with Gasteiger partial charge in [-0.15, -0.1) is 0 Å². The molecule has 0 spiro atoms. The minimum absolute atomic E-state index is 0.0208. The van der Waals surface area contributed by atoms with Crippen molar-refractivity contribution < 1.29 is 37.1 Å². The summed E-state index contributed by atoms with van der Waals surface area (Å²) in [6.07, 6.45) is -0.338. The van der Waals surface area contributed by atoms with E-state index in [9.17, 15) is 18.3 Å². The number of aliphatic hydroxyl groups is 1. The molecule has 2 N–H and O–H groups in total. The maximum atomic E-state index is 13.5. The van der Waals surface area contributed by atoms with Crippen molar-refractivity contribution in [2.24, 2.45) is 5.92 Å². The van der Waals surface area contributed by atoms with Crippen LogP contribution in [-0.4, -0.2) is 80.1 Å². The van der Waals surface area contributed by atoms with Crippen molar-refractivity contribution in [3.8, 4) is 17.2 Å². The second kappa shape index (κ2) is 12.4. The van der Waals surface area contributed by atoms with Gasteiger partial charge in [-0.1, -0.05) is 18.1 Å². The molecular formula is C30H38N4O8S. The quantitative estimate of drug-likeness (QED) is 0.369. The second-order valence-corrected chi connectivity index (χ2v) is 13.0. The largest absolute Gasteiger partial charge is 0.488 e. The Morgan fingerprint density at radius 1 is 1.14 bits per heavy atom. The summed E-state index contributed by atoms with van der Waals surface area (Å²) in [5, 5.41) is 13.7. The van der Waals surface area contributed by atoms with Crippen LogP contribution in [0, 0.1) is 19.8 Å². The number of aromatic nitrogens is 1. The van der Waals surface area contributed by atoms with E-state index in [1.54, 1.807) is 36.9 Å². The molecule has 0 fully saturated rings. The van der Waals surface area contributed by atoms with E-state index in [2.05, 4.69) is 14.8 Å². The van der Waals surface area contributed by atoms with Crippen molar-refractivity contribution in [3.63, 3.8) is 0 Å². The number of amides is 1. The van der Waals surface area contributed by atoms with Crippen molar-refractivity contribution in [2.75, 3.05) is 38.3 Å². The highest BCUT2D eigenvalue weighted by Gasteiger charge is 2.32. The lowest BCUT2D eigenvalue weighted by Crippen LogP contribution is -2.47. The SMILES string of the molecule is Cc1noc(C)c1S(=O)(=O)Nc1ccc2c(c1)CC(=O)N([C@@H](C)CO)C[C@@H](C)[C@H](CN(C)Cc1ccc3c(c1)OCO3)O2. The summed E-state index contributed by atoms with van der Waals surface area (Å²) in [4.78, 5) is 17.3. The summed E-state index contributed by atoms with van der Waals surface area (Å²) in [7, 11) is -1.99. The van der Waals surface area contributed by atoms with E-state index in [4.69, 9.17) is 18.7 Å². The van der Waals surface area contributed by atoms with E-state index in [1.807, 2.05) is 32.2 Å². The first kappa shape index (κ1) is 30.6.